The number of piperidine rings is 1. The number of carboxylic acid groups (broad SMARTS) is 1. The zero-order chi connectivity index (χ0) is 20.1. The van der Waals surface area contributed by atoms with Crippen molar-refractivity contribution in [2.24, 2.45) is 0 Å². The van der Waals surface area contributed by atoms with Gasteiger partial charge in [-0.1, -0.05) is 6.92 Å². The number of rotatable bonds is 7. The predicted molar refractivity (Wildman–Crippen MR) is 104 cm³/mol. The van der Waals surface area contributed by atoms with Crippen LogP contribution in [0.1, 0.15) is 38.2 Å². The third kappa shape index (κ3) is 5.34. The molecule has 1 saturated heterocycles. The van der Waals surface area contributed by atoms with E-state index < -0.39 is 5.97 Å². The largest absolute Gasteiger partial charge is 0.480 e. The van der Waals surface area contributed by atoms with Crippen molar-refractivity contribution in [1.82, 2.24) is 20.1 Å². The summed E-state index contributed by atoms with van der Waals surface area (Å²) in [7, 11) is 0. The molecule has 2 N–H and O–H groups in total. The van der Waals surface area contributed by atoms with Crippen LogP contribution in [0.2, 0.25) is 0 Å². The zero-order valence-electron chi connectivity index (χ0n) is 16.6. The molecule has 1 aromatic rings. The number of hydrogen-bond acceptors (Lipinski definition) is 5. The van der Waals surface area contributed by atoms with Crippen molar-refractivity contribution >= 4 is 12.0 Å². The standard InChI is InChI=1S/C20H30N4O4/c1-3-23(13-19(25)26)16-11-15(12-16)22-20(27)24-8-5-17(6-9-24)28-18-10-14(2)4-7-21-18/h4,7,10,15-17H,3,5-6,8-9,11-13H2,1-2H3,(H,22,27)(H,25,26). The number of pyridine rings is 1. The second-order valence-electron chi connectivity index (χ2n) is 7.70. The number of urea groups is 1. The van der Waals surface area contributed by atoms with Crippen LogP contribution >= 0.6 is 0 Å². The summed E-state index contributed by atoms with van der Waals surface area (Å²) in [5, 5.41) is 12.0. The van der Waals surface area contributed by atoms with Gasteiger partial charge in [0.05, 0.1) is 6.54 Å². The zero-order valence-corrected chi connectivity index (χ0v) is 16.6. The molecule has 2 amide bonds. The molecule has 0 spiro atoms. The van der Waals surface area contributed by atoms with Crippen molar-refractivity contribution in [2.45, 2.75) is 57.7 Å². The minimum atomic E-state index is -0.805. The minimum absolute atomic E-state index is 0.0307. The minimum Gasteiger partial charge on any atom is -0.480 e. The summed E-state index contributed by atoms with van der Waals surface area (Å²) in [6.45, 7) is 6.07. The van der Waals surface area contributed by atoms with Gasteiger partial charge in [0.25, 0.3) is 0 Å². The Morgan fingerprint density at radius 2 is 2.07 bits per heavy atom. The maximum absolute atomic E-state index is 12.5. The van der Waals surface area contributed by atoms with E-state index in [1.54, 1.807) is 6.20 Å². The van der Waals surface area contributed by atoms with E-state index in [1.165, 1.54) is 0 Å². The smallest absolute Gasteiger partial charge is 0.317 e. The van der Waals surface area contributed by atoms with E-state index in [9.17, 15) is 9.59 Å². The average molecular weight is 390 g/mol. The van der Waals surface area contributed by atoms with Crippen molar-refractivity contribution in [3.8, 4) is 5.88 Å². The van der Waals surface area contributed by atoms with Crippen LogP contribution < -0.4 is 10.1 Å². The Bertz CT molecular complexity index is 685. The number of nitrogens with zero attached hydrogens (tertiary/aromatic N) is 3. The number of carbonyl (C=O) groups is 2. The van der Waals surface area contributed by atoms with E-state index in [4.69, 9.17) is 9.84 Å². The van der Waals surface area contributed by atoms with Crippen molar-refractivity contribution in [3.05, 3.63) is 23.9 Å². The second kappa shape index (κ2) is 9.23. The molecule has 0 bridgehead atoms. The molecule has 0 atom stereocenters. The summed E-state index contributed by atoms with van der Waals surface area (Å²) >= 11 is 0. The van der Waals surface area contributed by atoms with Gasteiger partial charge in [0.2, 0.25) is 5.88 Å². The predicted octanol–water partition coefficient (Wildman–Crippen LogP) is 1.88. The molecule has 8 nitrogen and oxygen atoms in total. The highest BCUT2D eigenvalue weighted by Gasteiger charge is 2.36. The first kappa shape index (κ1) is 20.4. The fourth-order valence-electron chi connectivity index (χ4n) is 3.86. The Labute approximate surface area is 165 Å². The molecule has 154 valence electrons. The van der Waals surface area contributed by atoms with Gasteiger partial charge in [-0.3, -0.25) is 9.69 Å². The van der Waals surface area contributed by atoms with Crippen molar-refractivity contribution in [1.29, 1.82) is 0 Å². The fraction of sp³-hybridized carbons (Fsp3) is 0.650. The number of aryl methyl sites for hydroxylation is 1. The lowest BCUT2D eigenvalue weighted by Gasteiger charge is -2.43. The SMILES string of the molecule is CCN(CC(=O)O)C1CC(NC(=O)N2CCC(Oc3cc(C)ccn3)CC2)C1. The third-order valence-electron chi connectivity index (χ3n) is 5.61. The third-order valence-corrected chi connectivity index (χ3v) is 5.61. The summed E-state index contributed by atoms with van der Waals surface area (Å²) in [6.07, 6.45) is 5.03. The van der Waals surface area contributed by atoms with Crippen LogP contribution in [0.4, 0.5) is 4.79 Å². The van der Waals surface area contributed by atoms with Gasteiger partial charge < -0.3 is 20.1 Å². The first-order chi connectivity index (χ1) is 13.4. The van der Waals surface area contributed by atoms with Crippen molar-refractivity contribution < 1.29 is 19.4 Å². The quantitative estimate of drug-likeness (QED) is 0.738. The van der Waals surface area contributed by atoms with E-state index >= 15 is 0 Å². The molecule has 0 unspecified atom stereocenters. The summed E-state index contributed by atoms with van der Waals surface area (Å²) in [5.41, 5.74) is 1.12. The number of likely N-dealkylation sites (tertiary alicyclic amines) is 1. The van der Waals surface area contributed by atoms with Gasteiger partial charge in [-0.2, -0.15) is 0 Å². The molecule has 0 radical (unpaired) electrons. The number of ether oxygens (including phenoxy) is 1. The van der Waals surface area contributed by atoms with Gasteiger partial charge in [0, 0.05) is 50.3 Å². The van der Waals surface area contributed by atoms with Gasteiger partial charge >= 0.3 is 12.0 Å². The topological polar surface area (TPSA) is 95.0 Å². The Hall–Kier alpha value is -2.35. The molecule has 2 aliphatic rings. The van der Waals surface area contributed by atoms with Crippen LogP contribution in [0, 0.1) is 6.92 Å². The molecular formula is C20H30N4O4. The average Bonchev–Trinajstić information content (AvgIpc) is 2.63. The Morgan fingerprint density at radius 3 is 2.68 bits per heavy atom. The lowest BCUT2D eigenvalue weighted by Crippen LogP contribution is -2.57. The van der Waals surface area contributed by atoms with E-state index in [0.29, 0.717) is 25.5 Å². The highest BCUT2D eigenvalue weighted by Crippen LogP contribution is 2.26. The van der Waals surface area contributed by atoms with Gasteiger partial charge in [0.1, 0.15) is 6.10 Å². The molecule has 8 heteroatoms. The highest BCUT2D eigenvalue weighted by molar-refractivity contribution is 5.74. The number of likely N-dealkylation sites (N-methyl/N-ethyl adjacent to an activating group) is 1. The van der Waals surface area contributed by atoms with Crippen LogP contribution in [0.25, 0.3) is 0 Å². The van der Waals surface area contributed by atoms with Gasteiger partial charge in [0.15, 0.2) is 0 Å². The normalized spacial score (nSPS) is 22.6. The molecular weight excluding hydrogens is 360 g/mol. The lowest BCUT2D eigenvalue weighted by atomic mass is 9.85. The van der Waals surface area contributed by atoms with Crippen LogP contribution in [-0.2, 0) is 4.79 Å². The number of hydrogen-bond donors (Lipinski definition) is 2. The molecule has 1 aromatic heterocycles. The van der Waals surface area contributed by atoms with E-state index in [2.05, 4.69) is 10.3 Å². The van der Waals surface area contributed by atoms with Gasteiger partial charge in [-0.15, -0.1) is 0 Å². The molecule has 1 aliphatic carbocycles. The van der Waals surface area contributed by atoms with Crippen LogP contribution in [0.5, 0.6) is 5.88 Å². The molecule has 2 heterocycles. The first-order valence-electron chi connectivity index (χ1n) is 10.0. The number of nitrogens with one attached hydrogen (secondary N) is 1. The van der Waals surface area contributed by atoms with E-state index in [-0.39, 0.29) is 30.8 Å². The Kier molecular flexibility index (Phi) is 6.72. The summed E-state index contributed by atoms with van der Waals surface area (Å²) in [5.74, 6) is -0.162. The van der Waals surface area contributed by atoms with Crippen molar-refractivity contribution in [3.63, 3.8) is 0 Å². The molecule has 28 heavy (non-hydrogen) atoms. The number of aliphatic carboxylic acids is 1. The van der Waals surface area contributed by atoms with Gasteiger partial charge in [-0.25, -0.2) is 9.78 Å². The van der Waals surface area contributed by atoms with Crippen LogP contribution in [0.15, 0.2) is 18.3 Å². The molecule has 3 rings (SSSR count). The second-order valence-corrected chi connectivity index (χ2v) is 7.70. The lowest BCUT2D eigenvalue weighted by molar-refractivity contribution is -0.139. The summed E-state index contributed by atoms with van der Waals surface area (Å²) < 4.78 is 5.94. The molecule has 1 aliphatic heterocycles. The maximum Gasteiger partial charge on any atom is 0.317 e. The van der Waals surface area contributed by atoms with E-state index in [1.807, 2.05) is 35.8 Å². The molecule has 1 saturated carbocycles. The number of aromatic nitrogens is 1. The number of carbonyl (C=O) groups excluding carboxylic acids is 1. The number of amides is 2. The van der Waals surface area contributed by atoms with E-state index in [0.717, 1.165) is 31.2 Å². The Balaban J connectivity index is 1.37. The maximum atomic E-state index is 12.5. The first-order valence-corrected chi connectivity index (χ1v) is 10.0. The Morgan fingerprint density at radius 1 is 1.36 bits per heavy atom. The monoisotopic (exact) mass is 390 g/mol. The molecule has 2 fully saturated rings. The van der Waals surface area contributed by atoms with Crippen LogP contribution in [-0.4, -0.2) is 76.3 Å². The molecule has 0 aromatic carbocycles. The summed E-state index contributed by atoms with van der Waals surface area (Å²) in [6, 6.07) is 4.21. The fourth-order valence-corrected chi connectivity index (χ4v) is 3.86. The van der Waals surface area contributed by atoms with Crippen molar-refractivity contribution in [2.75, 3.05) is 26.2 Å². The summed E-state index contributed by atoms with van der Waals surface area (Å²) in [4.78, 5) is 31.4. The number of carboxylic acids is 1. The van der Waals surface area contributed by atoms with Gasteiger partial charge in [-0.05, 0) is 37.9 Å². The van der Waals surface area contributed by atoms with Crippen LogP contribution in [0.3, 0.4) is 0 Å². The highest BCUT2D eigenvalue weighted by atomic mass is 16.5.